The Morgan fingerprint density at radius 3 is 2.76 bits per heavy atom. The zero-order valence-electron chi connectivity index (χ0n) is 14.5. The number of aliphatic imine (C=N–C) groups is 1. The Morgan fingerprint density at radius 2 is 2.12 bits per heavy atom. The number of hydrogen-bond acceptors (Lipinski definition) is 5. The molecular formula is C16H24ClIN6O. The molecule has 0 atom stereocenters. The number of pyridine rings is 1. The highest BCUT2D eigenvalue weighted by molar-refractivity contribution is 14.0. The number of nitrogens with one attached hydrogen (secondary N) is 2. The van der Waals surface area contributed by atoms with Crippen LogP contribution < -0.4 is 10.6 Å². The quantitative estimate of drug-likeness (QED) is 0.199. The molecule has 7 nitrogen and oxygen atoms in total. The van der Waals surface area contributed by atoms with Crippen LogP contribution in [-0.4, -0.2) is 40.7 Å². The van der Waals surface area contributed by atoms with Gasteiger partial charge in [0.15, 0.2) is 11.8 Å². The smallest absolute Gasteiger partial charge is 0.226 e. The Hall–Kier alpha value is -1.42. The van der Waals surface area contributed by atoms with Crippen molar-refractivity contribution >= 4 is 41.5 Å². The third-order valence-electron chi connectivity index (χ3n) is 3.23. The fourth-order valence-corrected chi connectivity index (χ4v) is 2.20. The van der Waals surface area contributed by atoms with Crippen LogP contribution in [0, 0.1) is 6.92 Å². The van der Waals surface area contributed by atoms with Gasteiger partial charge in [-0.1, -0.05) is 22.8 Å². The summed E-state index contributed by atoms with van der Waals surface area (Å²) in [7, 11) is 0. The topological polar surface area (TPSA) is 88.2 Å². The van der Waals surface area contributed by atoms with Crippen LogP contribution in [-0.2, 0) is 12.8 Å². The highest BCUT2D eigenvalue weighted by Gasteiger charge is 2.02. The highest BCUT2D eigenvalue weighted by Crippen LogP contribution is 2.05. The SMILES string of the molecule is CCNC(=NCCCc1nc(C)no1)NCCc1ccc(Cl)nc1.I. The van der Waals surface area contributed by atoms with Gasteiger partial charge >= 0.3 is 0 Å². The lowest BCUT2D eigenvalue weighted by atomic mass is 10.2. The number of nitrogens with zero attached hydrogens (tertiary/aromatic N) is 4. The first-order chi connectivity index (χ1) is 11.7. The Balaban J connectivity index is 0.00000312. The molecular weight excluding hydrogens is 455 g/mol. The van der Waals surface area contributed by atoms with Crippen molar-refractivity contribution in [2.24, 2.45) is 4.99 Å². The second kappa shape index (κ2) is 12.0. The van der Waals surface area contributed by atoms with Gasteiger partial charge in [-0.25, -0.2) is 4.98 Å². The Bertz CT molecular complexity index is 646. The van der Waals surface area contributed by atoms with E-state index in [1.165, 1.54) is 0 Å². The summed E-state index contributed by atoms with van der Waals surface area (Å²) >= 11 is 5.78. The molecule has 0 radical (unpaired) electrons. The van der Waals surface area contributed by atoms with E-state index in [1.807, 2.05) is 19.9 Å². The number of guanidine groups is 1. The maximum Gasteiger partial charge on any atom is 0.226 e. The van der Waals surface area contributed by atoms with Gasteiger partial charge in [-0.2, -0.15) is 4.98 Å². The van der Waals surface area contributed by atoms with Crippen LogP contribution in [0.5, 0.6) is 0 Å². The molecule has 0 unspecified atom stereocenters. The highest BCUT2D eigenvalue weighted by atomic mass is 127. The van der Waals surface area contributed by atoms with Crippen LogP contribution in [0.3, 0.4) is 0 Å². The first-order valence-electron chi connectivity index (χ1n) is 8.09. The molecule has 2 aromatic heterocycles. The zero-order chi connectivity index (χ0) is 17.2. The van der Waals surface area contributed by atoms with Gasteiger partial charge in [-0.3, -0.25) is 4.99 Å². The van der Waals surface area contributed by atoms with Gasteiger partial charge in [0, 0.05) is 32.3 Å². The minimum atomic E-state index is 0. The third-order valence-corrected chi connectivity index (χ3v) is 3.45. The number of hydrogen-bond donors (Lipinski definition) is 2. The van der Waals surface area contributed by atoms with Gasteiger partial charge in [-0.15, -0.1) is 24.0 Å². The van der Waals surface area contributed by atoms with E-state index in [1.54, 1.807) is 12.3 Å². The summed E-state index contributed by atoms with van der Waals surface area (Å²) in [6.45, 7) is 6.14. The molecule has 0 aliphatic heterocycles. The molecule has 2 rings (SSSR count). The average Bonchev–Trinajstić information content (AvgIpc) is 2.99. The van der Waals surface area contributed by atoms with E-state index in [2.05, 4.69) is 30.8 Å². The lowest BCUT2D eigenvalue weighted by Gasteiger charge is -2.11. The summed E-state index contributed by atoms with van der Waals surface area (Å²) in [4.78, 5) is 12.8. The lowest BCUT2D eigenvalue weighted by Crippen LogP contribution is -2.38. The summed E-state index contributed by atoms with van der Waals surface area (Å²) in [5, 5.41) is 10.8. The second-order valence-electron chi connectivity index (χ2n) is 5.27. The van der Waals surface area contributed by atoms with Crippen molar-refractivity contribution in [3.05, 3.63) is 40.8 Å². The minimum Gasteiger partial charge on any atom is -0.357 e. The fourth-order valence-electron chi connectivity index (χ4n) is 2.08. The molecule has 0 aliphatic carbocycles. The largest absolute Gasteiger partial charge is 0.357 e. The monoisotopic (exact) mass is 478 g/mol. The third kappa shape index (κ3) is 8.48. The zero-order valence-corrected chi connectivity index (χ0v) is 17.5. The summed E-state index contributed by atoms with van der Waals surface area (Å²) in [6, 6.07) is 3.78. The van der Waals surface area contributed by atoms with E-state index in [0.29, 0.717) is 23.4 Å². The maximum absolute atomic E-state index is 5.78. The van der Waals surface area contributed by atoms with Gasteiger partial charge in [0.2, 0.25) is 5.89 Å². The summed E-state index contributed by atoms with van der Waals surface area (Å²) in [6.07, 6.45) is 4.25. The molecule has 9 heteroatoms. The standard InChI is InChI=1S/C16H23ClN6O.HI/c1-3-18-16(19-9-4-5-15-22-12(2)23-24-15)20-10-8-13-6-7-14(17)21-11-13;/h6-7,11H,3-5,8-10H2,1-2H3,(H2,18,19,20);1H. The van der Waals surface area contributed by atoms with E-state index >= 15 is 0 Å². The summed E-state index contributed by atoms with van der Waals surface area (Å²) in [5.41, 5.74) is 1.13. The van der Waals surface area contributed by atoms with Crippen LogP contribution >= 0.6 is 35.6 Å². The van der Waals surface area contributed by atoms with Crippen LogP contribution in [0.4, 0.5) is 0 Å². The van der Waals surface area contributed by atoms with Crippen LogP contribution in [0.25, 0.3) is 0 Å². The summed E-state index contributed by atoms with van der Waals surface area (Å²) in [5.74, 6) is 2.14. The average molecular weight is 479 g/mol. The predicted molar refractivity (Wildman–Crippen MR) is 110 cm³/mol. The summed E-state index contributed by atoms with van der Waals surface area (Å²) < 4.78 is 5.08. The molecule has 138 valence electrons. The molecule has 0 saturated heterocycles. The number of aryl methyl sites for hydroxylation is 2. The van der Waals surface area contributed by atoms with Crippen LogP contribution in [0.2, 0.25) is 5.15 Å². The van der Waals surface area contributed by atoms with Crippen molar-refractivity contribution in [3.8, 4) is 0 Å². The maximum atomic E-state index is 5.78. The molecule has 2 aromatic rings. The van der Waals surface area contributed by atoms with Crippen molar-refractivity contribution in [2.75, 3.05) is 19.6 Å². The molecule has 0 aromatic carbocycles. The van der Waals surface area contributed by atoms with Crippen LogP contribution in [0.15, 0.2) is 27.8 Å². The Labute approximate surface area is 170 Å². The van der Waals surface area contributed by atoms with E-state index in [-0.39, 0.29) is 24.0 Å². The predicted octanol–water partition coefficient (Wildman–Crippen LogP) is 2.77. The van der Waals surface area contributed by atoms with E-state index < -0.39 is 0 Å². The van der Waals surface area contributed by atoms with E-state index in [4.69, 9.17) is 16.1 Å². The fraction of sp³-hybridized carbons (Fsp3) is 0.500. The molecule has 0 fully saturated rings. The van der Waals surface area contributed by atoms with Gasteiger partial charge in [-0.05, 0) is 38.3 Å². The van der Waals surface area contributed by atoms with E-state index in [0.717, 1.165) is 43.9 Å². The molecule has 25 heavy (non-hydrogen) atoms. The van der Waals surface area contributed by atoms with Crippen LogP contribution in [0.1, 0.15) is 30.6 Å². The first kappa shape index (κ1) is 21.6. The molecule has 2 N–H and O–H groups in total. The van der Waals surface area contributed by atoms with E-state index in [9.17, 15) is 0 Å². The van der Waals surface area contributed by atoms with Gasteiger partial charge < -0.3 is 15.2 Å². The van der Waals surface area contributed by atoms with Crippen molar-refractivity contribution in [3.63, 3.8) is 0 Å². The lowest BCUT2D eigenvalue weighted by molar-refractivity contribution is 0.372. The molecule has 2 heterocycles. The molecule has 0 bridgehead atoms. The van der Waals surface area contributed by atoms with Crippen molar-refractivity contribution in [1.82, 2.24) is 25.8 Å². The molecule has 0 saturated carbocycles. The number of rotatable bonds is 8. The Morgan fingerprint density at radius 1 is 1.28 bits per heavy atom. The first-order valence-corrected chi connectivity index (χ1v) is 8.47. The molecule has 0 amide bonds. The Kier molecular flexibility index (Phi) is 10.4. The van der Waals surface area contributed by atoms with Crippen molar-refractivity contribution in [2.45, 2.75) is 33.1 Å². The van der Waals surface area contributed by atoms with Gasteiger partial charge in [0.1, 0.15) is 5.15 Å². The second-order valence-corrected chi connectivity index (χ2v) is 5.65. The molecule has 0 spiro atoms. The number of halogens is 2. The van der Waals surface area contributed by atoms with Gasteiger partial charge in [0.25, 0.3) is 0 Å². The minimum absolute atomic E-state index is 0. The van der Waals surface area contributed by atoms with Crippen molar-refractivity contribution < 1.29 is 4.52 Å². The normalized spacial score (nSPS) is 11.1. The van der Waals surface area contributed by atoms with Crippen molar-refractivity contribution in [1.29, 1.82) is 0 Å². The number of aromatic nitrogens is 3. The van der Waals surface area contributed by atoms with Gasteiger partial charge in [0.05, 0.1) is 0 Å². The molecule has 0 aliphatic rings.